The average molecular weight is 332 g/mol. The predicted molar refractivity (Wildman–Crippen MR) is 71.3 cm³/mol. The van der Waals surface area contributed by atoms with Crippen LogP contribution < -0.4 is 5.32 Å². The molecule has 1 aromatic rings. The third kappa shape index (κ3) is 3.99. The first kappa shape index (κ1) is 14.4. The van der Waals surface area contributed by atoms with Gasteiger partial charge in [-0.15, -0.1) is 0 Å². The lowest BCUT2D eigenvalue weighted by Gasteiger charge is -2.13. The Morgan fingerprint density at radius 2 is 2.32 bits per heavy atom. The smallest absolute Gasteiger partial charge is 0.332 e. The van der Waals surface area contributed by atoms with Crippen LogP contribution in [0.1, 0.15) is 18.4 Å². The molecular formula is C13H15BrFNO3. The van der Waals surface area contributed by atoms with E-state index in [9.17, 15) is 9.18 Å². The van der Waals surface area contributed by atoms with Gasteiger partial charge in [-0.3, -0.25) is 0 Å². The molecule has 0 bridgehead atoms. The summed E-state index contributed by atoms with van der Waals surface area (Å²) in [6.07, 6.45) is 0.501. The van der Waals surface area contributed by atoms with Crippen molar-refractivity contribution in [3.8, 4) is 0 Å². The molecule has 0 saturated carbocycles. The summed E-state index contributed by atoms with van der Waals surface area (Å²) < 4.78 is 19.3. The lowest BCUT2D eigenvalue weighted by molar-refractivity contribution is -0.149. The number of ether oxygens (including phenoxy) is 1. The molecule has 0 aliphatic carbocycles. The third-order valence-corrected chi connectivity index (χ3v) is 3.85. The quantitative estimate of drug-likeness (QED) is 0.869. The van der Waals surface area contributed by atoms with Crippen LogP contribution in [0.3, 0.4) is 0 Å². The van der Waals surface area contributed by atoms with Crippen molar-refractivity contribution in [1.29, 1.82) is 0 Å². The summed E-state index contributed by atoms with van der Waals surface area (Å²) in [5.74, 6) is -1.18. The molecular weight excluding hydrogens is 317 g/mol. The Balaban J connectivity index is 1.78. The average Bonchev–Trinajstić information content (AvgIpc) is 2.82. The number of rotatable bonds is 5. The summed E-state index contributed by atoms with van der Waals surface area (Å²) >= 11 is 3.36. The molecule has 19 heavy (non-hydrogen) atoms. The lowest BCUT2D eigenvalue weighted by atomic mass is 10.2. The van der Waals surface area contributed by atoms with E-state index in [1.807, 2.05) is 0 Å². The molecule has 1 aliphatic heterocycles. The molecule has 0 radical (unpaired) electrons. The van der Waals surface area contributed by atoms with Gasteiger partial charge in [-0.05, 0) is 36.6 Å². The molecule has 4 nitrogen and oxygen atoms in total. The topological polar surface area (TPSA) is 58.6 Å². The van der Waals surface area contributed by atoms with Crippen molar-refractivity contribution in [2.24, 2.45) is 0 Å². The first-order chi connectivity index (χ1) is 9.06. The van der Waals surface area contributed by atoms with E-state index in [-0.39, 0.29) is 11.9 Å². The summed E-state index contributed by atoms with van der Waals surface area (Å²) in [7, 11) is 0. The summed E-state index contributed by atoms with van der Waals surface area (Å²) in [6, 6.07) is 4.52. The minimum atomic E-state index is -0.907. The minimum Gasteiger partial charge on any atom is -0.479 e. The largest absolute Gasteiger partial charge is 0.479 e. The second kappa shape index (κ2) is 6.45. The van der Waals surface area contributed by atoms with Crippen molar-refractivity contribution < 1.29 is 19.0 Å². The van der Waals surface area contributed by atoms with Gasteiger partial charge in [0.1, 0.15) is 5.82 Å². The number of benzene rings is 1. The van der Waals surface area contributed by atoms with Gasteiger partial charge in [-0.2, -0.15) is 0 Å². The van der Waals surface area contributed by atoms with Crippen LogP contribution in [0.5, 0.6) is 0 Å². The number of hydrogen-bond acceptors (Lipinski definition) is 3. The molecule has 1 saturated heterocycles. The highest BCUT2D eigenvalue weighted by Crippen LogP contribution is 2.20. The van der Waals surface area contributed by atoms with Crippen molar-refractivity contribution in [2.75, 3.05) is 6.54 Å². The zero-order valence-corrected chi connectivity index (χ0v) is 11.8. The fourth-order valence-corrected chi connectivity index (χ4v) is 2.47. The van der Waals surface area contributed by atoms with Gasteiger partial charge >= 0.3 is 5.97 Å². The van der Waals surface area contributed by atoms with E-state index in [2.05, 4.69) is 21.2 Å². The van der Waals surface area contributed by atoms with E-state index in [0.717, 1.165) is 16.5 Å². The van der Waals surface area contributed by atoms with Crippen molar-refractivity contribution in [3.05, 3.63) is 34.1 Å². The SMILES string of the molecule is O=C(O)C1CCC(CNCc2cc(F)ccc2Br)O1. The lowest BCUT2D eigenvalue weighted by Crippen LogP contribution is -2.28. The molecule has 2 N–H and O–H groups in total. The molecule has 2 rings (SSSR count). The van der Waals surface area contributed by atoms with Gasteiger partial charge in [-0.25, -0.2) is 9.18 Å². The number of aliphatic carboxylic acids is 1. The van der Waals surface area contributed by atoms with Crippen LogP contribution in [-0.2, 0) is 16.1 Å². The molecule has 2 unspecified atom stereocenters. The van der Waals surface area contributed by atoms with Crippen LogP contribution in [0.2, 0.25) is 0 Å². The van der Waals surface area contributed by atoms with Crippen LogP contribution in [0, 0.1) is 5.82 Å². The highest BCUT2D eigenvalue weighted by molar-refractivity contribution is 9.10. The van der Waals surface area contributed by atoms with Crippen LogP contribution >= 0.6 is 15.9 Å². The van der Waals surface area contributed by atoms with Gasteiger partial charge in [0.25, 0.3) is 0 Å². The number of carboxylic acids is 1. The van der Waals surface area contributed by atoms with Crippen molar-refractivity contribution in [2.45, 2.75) is 31.6 Å². The van der Waals surface area contributed by atoms with Gasteiger partial charge in [-0.1, -0.05) is 15.9 Å². The van der Waals surface area contributed by atoms with Gasteiger partial charge in [0.15, 0.2) is 6.10 Å². The highest BCUT2D eigenvalue weighted by atomic mass is 79.9. The van der Waals surface area contributed by atoms with Gasteiger partial charge in [0.2, 0.25) is 0 Å². The Bertz CT molecular complexity index is 469. The number of nitrogens with one attached hydrogen (secondary N) is 1. The molecule has 0 aromatic heterocycles. The van der Waals surface area contributed by atoms with Crippen LogP contribution in [0.4, 0.5) is 4.39 Å². The minimum absolute atomic E-state index is 0.0894. The number of carbonyl (C=O) groups is 1. The first-order valence-electron chi connectivity index (χ1n) is 6.09. The molecule has 2 atom stereocenters. The van der Waals surface area contributed by atoms with Crippen LogP contribution in [0.25, 0.3) is 0 Å². The Kier molecular flexibility index (Phi) is 4.90. The summed E-state index contributed by atoms with van der Waals surface area (Å²) in [5, 5.41) is 12.0. The van der Waals surface area contributed by atoms with Crippen molar-refractivity contribution in [3.63, 3.8) is 0 Å². The predicted octanol–water partition coefficient (Wildman–Crippen LogP) is 2.31. The second-order valence-electron chi connectivity index (χ2n) is 4.53. The van der Waals surface area contributed by atoms with E-state index in [1.165, 1.54) is 12.1 Å². The maximum atomic E-state index is 13.1. The number of hydrogen-bond donors (Lipinski definition) is 2. The Morgan fingerprint density at radius 1 is 1.53 bits per heavy atom. The molecule has 1 heterocycles. The second-order valence-corrected chi connectivity index (χ2v) is 5.38. The molecule has 1 fully saturated rings. The van der Waals surface area contributed by atoms with Gasteiger partial charge in [0, 0.05) is 17.6 Å². The molecule has 0 spiro atoms. The van der Waals surface area contributed by atoms with Crippen LogP contribution in [-0.4, -0.2) is 29.8 Å². The first-order valence-corrected chi connectivity index (χ1v) is 6.88. The van der Waals surface area contributed by atoms with E-state index >= 15 is 0 Å². The number of halogens is 2. The Morgan fingerprint density at radius 3 is 3.00 bits per heavy atom. The fourth-order valence-electron chi connectivity index (χ4n) is 2.08. The van der Waals surface area contributed by atoms with E-state index < -0.39 is 12.1 Å². The maximum Gasteiger partial charge on any atom is 0.332 e. The van der Waals surface area contributed by atoms with Crippen LogP contribution in [0.15, 0.2) is 22.7 Å². The van der Waals surface area contributed by atoms with Gasteiger partial charge < -0.3 is 15.2 Å². The van der Waals surface area contributed by atoms with Crippen molar-refractivity contribution in [1.82, 2.24) is 5.32 Å². The molecule has 1 aromatic carbocycles. The highest BCUT2D eigenvalue weighted by Gasteiger charge is 2.29. The third-order valence-electron chi connectivity index (χ3n) is 3.08. The molecule has 0 amide bonds. The zero-order valence-electron chi connectivity index (χ0n) is 10.2. The summed E-state index contributed by atoms with van der Waals surface area (Å²) in [6.45, 7) is 1.07. The monoisotopic (exact) mass is 331 g/mol. The molecule has 1 aliphatic rings. The maximum absolute atomic E-state index is 13.1. The fraction of sp³-hybridized carbons (Fsp3) is 0.462. The van der Waals surface area contributed by atoms with E-state index in [0.29, 0.717) is 19.5 Å². The standard InChI is InChI=1S/C13H15BrFNO3/c14-11-3-1-9(15)5-8(11)6-16-7-10-2-4-12(19-10)13(17)18/h1,3,5,10,12,16H,2,4,6-7H2,(H,17,18). The van der Waals surface area contributed by atoms with Crippen molar-refractivity contribution >= 4 is 21.9 Å². The summed E-state index contributed by atoms with van der Waals surface area (Å²) in [5.41, 5.74) is 0.827. The molecule has 104 valence electrons. The zero-order chi connectivity index (χ0) is 13.8. The van der Waals surface area contributed by atoms with E-state index in [1.54, 1.807) is 6.07 Å². The normalized spacial score (nSPS) is 22.6. The summed E-state index contributed by atoms with van der Waals surface area (Å²) in [4.78, 5) is 10.7. The number of carboxylic acid groups (broad SMARTS) is 1. The Labute approximate surface area is 119 Å². The molecule has 6 heteroatoms. The van der Waals surface area contributed by atoms with Gasteiger partial charge in [0.05, 0.1) is 6.10 Å². The van der Waals surface area contributed by atoms with E-state index in [4.69, 9.17) is 9.84 Å². The Hall–Kier alpha value is -0.980.